The quantitative estimate of drug-likeness (QED) is 0.781. The number of furan rings is 1. The van der Waals surface area contributed by atoms with Gasteiger partial charge in [-0.15, -0.1) is 0 Å². The van der Waals surface area contributed by atoms with Crippen LogP contribution in [0.1, 0.15) is 12.7 Å². The molecule has 0 aliphatic heterocycles. The fraction of sp³-hybridized carbons (Fsp3) is 0.267. The maximum Gasteiger partial charge on any atom is 0.243 e. The summed E-state index contributed by atoms with van der Waals surface area (Å²) >= 11 is 0. The maximum absolute atomic E-state index is 12.2. The van der Waals surface area contributed by atoms with E-state index in [1.54, 1.807) is 14.0 Å². The number of benzene rings is 1. The van der Waals surface area contributed by atoms with E-state index in [1.165, 1.54) is 17.1 Å². The van der Waals surface area contributed by atoms with Gasteiger partial charge in [0.25, 0.3) is 0 Å². The molecular formula is C15H17N3O3S. The van der Waals surface area contributed by atoms with Gasteiger partial charge in [-0.2, -0.15) is 5.10 Å². The number of nitrogens with zero attached hydrogens (tertiary/aromatic N) is 2. The number of para-hydroxylation sites is 1. The smallest absolute Gasteiger partial charge is 0.243 e. The molecule has 0 aliphatic carbocycles. The van der Waals surface area contributed by atoms with Crippen molar-refractivity contribution in [1.82, 2.24) is 14.5 Å². The highest BCUT2D eigenvalue weighted by Crippen LogP contribution is 2.20. The van der Waals surface area contributed by atoms with E-state index in [0.717, 1.165) is 16.7 Å². The number of rotatable bonds is 5. The van der Waals surface area contributed by atoms with Crippen LogP contribution in [0.2, 0.25) is 0 Å². The zero-order valence-electron chi connectivity index (χ0n) is 12.4. The van der Waals surface area contributed by atoms with Crippen LogP contribution in [0.5, 0.6) is 0 Å². The Labute approximate surface area is 128 Å². The van der Waals surface area contributed by atoms with E-state index < -0.39 is 10.0 Å². The van der Waals surface area contributed by atoms with E-state index in [1.807, 2.05) is 30.3 Å². The minimum absolute atomic E-state index is 0.159. The molecule has 7 heteroatoms. The summed E-state index contributed by atoms with van der Waals surface area (Å²) in [5.41, 5.74) is 0.805. The van der Waals surface area contributed by atoms with Crippen molar-refractivity contribution in [3.63, 3.8) is 0 Å². The Bertz CT molecular complexity index is 863. The van der Waals surface area contributed by atoms with Crippen molar-refractivity contribution in [2.24, 2.45) is 7.05 Å². The van der Waals surface area contributed by atoms with Gasteiger partial charge in [-0.3, -0.25) is 4.68 Å². The molecule has 0 saturated carbocycles. The van der Waals surface area contributed by atoms with Crippen LogP contribution in [0, 0.1) is 0 Å². The predicted molar refractivity (Wildman–Crippen MR) is 82.9 cm³/mol. The minimum Gasteiger partial charge on any atom is -0.461 e. The molecule has 2 heterocycles. The molecule has 6 nitrogen and oxygen atoms in total. The molecule has 0 bridgehead atoms. The molecule has 0 aliphatic rings. The summed E-state index contributed by atoms with van der Waals surface area (Å²) in [6.45, 7) is 1.81. The van der Waals surface area contributed by atoms with Gasteiger partial charge in [0.15, 0.2) is 0 Å². The van der Waals surface area contributed by atoms with Gasteiger partial charge in [0, 0.05) is 31.1 Å². The number of hydrogen-bond donors (Lipinski definition) is 1. The number of nitrogens with one attached hydrogen (secondary N) is 1. The Kier molecular flexibility index (Phi) is 3.76. The Hall–Kier alpha value is -2.12. The van der Waals surface area contributed by atoms with Crippen molar-refractivity contribution >= 4 is 21.0 Å². The third-order valence-electron chi connectivity index (χ3n) is 3.33. The molecule has 116 valence electrons. The molecule has 0 saturated heterocycles. The highest BCUT2D eigenvalue weighted by Gasteiger charge is 2.20. The fourth-order valence-corrected chi connectivity index (χ4v) is 3.58. The van der Waals surface area contributed by atoms with E-state index in [-0.39, 0.29) is 10.9 Å². The SMILES string of the molecule is CC(Cc1cc2ccccc2o1)NS(=O)(=O)c1cnn(C)c1. The first-order valence-corrected chi connectivity index (χ1v) is 8.41. The highest BCUT2D eigenvalue weighted by atomic mass is 32.2. The van der Waals surface area contributed by atoms with Crippen LogP contribution in [-0.4, -0.2) is 24.2 Å². The lowest BCUT2D eigenvalue weighted by molar-refractivity contribution is 0.504. The lowest BCUT2D eigenvalue weighted by Crippen LogP contribution is -2.33. The van der Waals surface area contributed by atoms with E-state index in [2.05, 4.69) is 9.82 Å². The predicted octanol–water partition coefficient (Wildman–Crippen LogP) is 2.08. The monoisotopic (exact) mass is 319 g/mol. The maximum atomic E-state index is 12.2. The Morgan fingerprint density at radius 2 is 2.14 bits per heavy atom. The van der Waals surface area contributed by atoms with E-state index >= 15 is 0 Å². The van der Waals surface area contributed by atoms with Crippen molar-refractivity contribution < 1.29 is 12.8 Å². The van der Waals surface area contributed by atoms with Gasteiger partial charge in [-0.25, -0.2) is 13.1 Å². The van der Waals surface area contributed by atoms with Gasteiger partial charge in [0.1, 0.15) is 16.2 Å². The number of sulfonamides is 1. The van der Waals surface area contributed by atoms with Crippen LogP contribution in [0.25, 0.3) is 11.0 Å². The van der Waals surface area contributed by atoms with Gasteiger partial charge < -0.3 is 4.42 Å². The number of fused-ring (bicyclic) bond motifs is 1. The van der Waals surface area contributed by atoms with E-state index in [4.69, 9.17) is 4.42 Å². The summed E-state index contributed by atoms with van der Waals surface area (Å²) in [6, 6.07) is 9.35. The zero-order chi connectivity index (χ0) is 15.7. The molecule has 1 atom stereocenters. The second-order valence-corrected chi connectivity index (χ2v) is 7.04. The summed E-state index contributed by atoms with van der Waals surface area (Å²) in [4.78, 5) is 0.159. The molecule has 22 heavy (non-hydrogen) atoms. The minimum atomic E-state index is -3.56. The average molecular weight is 319 g/mol. The molecule has 1 unspecified atom stereocenters. The molecule has 2 aromatic heterocycles. The number of hydrogen-bond acceptors (Lipinski definition) is 4. The second-order valence-electron chi connectivity index (χ2n) is 5.33. The van der Waals surface area contributed by atoms with Crippen molar-refractivity contribution in [2.75, 3.05) is 0 Å². The Balaban J connectivity index is 1.73. The summed E-state index contributed by atoms with van der Waals surface area (Å²) in [5.74, 6) is 0.752. The molecule has 3 aromatic rings. The van der Waals surface area contributed by atoms with Crippen LogP contribution >= 0.6 is 0 Å². The second kappa shape index (κ2) is 5.58. The van der Waals surface area contributed by atoms with Crippen LogP contribution < -0.4 is 4.72 Å². The van der Waals surface area contributed by atoms with Gasteiger partial charge in [0.2, 0.25) is 10.0 Å². The summed E-state index contributed by atoms with van der Waals surface area (Å²) in [5, 5.41) is 4.90. The standard InChI is InChI=1S/C15H17N3O3S/c1-11(17-22(19,20)14-9-16-18(2)10-14)7-13-8-12-5-3-4-6-15(12)21-13/h3-6,8-11,17H,7H2,1-2H3. The van der Waals surface area contributed by atoms with Gasteiger partial charge >= 0.3 is 0 Å². The van der Waals surface area contributed by atoms with E-state index in [0.29, 0.717) is 6.42 Å². The fourth-order valence-electron chi connectivity index (χ4n) is 2.35. The molecule has 0 radical (unpaired) electrons. The number of aryl methyl sites for hydroxylation is 1. The lowest BCUT2D eigenvalue weighted by atomic mass is 10.2. The van der Waals surface area contributed by atoms with Gasteiger partial charge in [0.05, 0.1) is 6.20 Å². The third-order valence-corrected chi connectivity index (χ3v) is 4.88. The summed E-state index contributed by atoms with van der Waals surface area (Å²) < 4.78 is 34.3. The molecular weight excluding hydrogens is 302 g/mol. The van der Waals surface area contributed by atoms with E-state index in [9.17, 15) is 8.42 Å². The lowest BCUT2D eigenvalue weighted by Gasteiger charge is -2.11. The zero-order valence-corrected chi connectivity index (χ0v) is 13.2. The molecule has 0 amide bonds. The summed E-state index contributed by atoms with van der Waals surface area (Å²) in [7, 11) is -1.89. The first kappa shape index (κ1) is 14.8. The molecule has 1 N–H and O–H groups in total. The summed E-state index contributed by atoms with van der Waals surface area (Å²) in [6.07, 6.45) is 3.28. The topological polar surface area (TPSA) is 77.1 Å². The normalized spacial score (nSPS) is 13.5. The number of aromatic nitrogens is 2. The third kappa shape index (κ3) is 3.05. The first-order chi connectivity index (χ1) is 10.4. The first-order valence-electron chi connectivity index (χ1n) is 6.92. The van der Waals surface area contributed by atoms with Crippen LogP contribution in [-0.2, 0) is 23.5 Å². The highest BCUT2D eigenvalue weighted by molar-refractivity contribution is 7.89. The van der Waals surface area contributed by atoms with Crippen molar-refractivity contribution in [3.05, 3.63) is 48.5 Å². The van der Waals surface area contributed by atoms with Gasteiger partial charge in [-0.1, -0.05) is 18.2 Å². The Morgan fingerprint density at radius 3 is 2.82 bits per heavy atom. The van der Waals surface area contributed by atoms with Crippen LogP contribution in [0.3, 0.4) is 0 Å². The van der Waals surface area contributed by atoms with Crippen LogP contribution in [0.4, 0.5) is 0 Å². The average Bonchev–Trinajstić information content (AvgIpc) is 3.03. The van der Waals surface area contributed by atoms with Crippen molar-refractivity contribution in [2.45, 2.75) is 24.3 Å². The van der Waals surface area contributed by atoms with Gasteiger partial charge in [-0.05, 0) is 19.1 Å². The Morgan fingerprint density at radius 1 is 1.36 bits per heavy atom. The largest absolute Gasteiger partial charge is 0.461 e. The molecule has 1 aromatic carbocycles. The van der Waals surface area contributed by atoms with Crippen molar-refractivity contribution in [1.29, 1.82) is 0 Å². The van der Waals surface area contributed by atoms with Crippen molar-refractivity contribution in [3.8, 4) is 0 Å². The van der Waals surface area contributed by atoms with Crippen LogP contribution in [0.15, 0.2) is 52.0 Å². The molecule has 0 spiro atoms. The molecule has 0 fully saturated rings. The molecule has 3 rings (SSSR count).